The van der Waals surface area contributed by atoms with Crippen LogP contribution in [-0.2, 0) is 0 Å². The van der Waals surface area contributed by atoms with Crippen molar-refractivity contribution in [2.45, 2.75) is 0 Å². The Hall–Kier alpha value is 1.09. The first-order chi connectivity index (χ1) is 1.00. The molecule has 0 amide bonds. The summed E-state index contributed by atoms with van der Waals surface area (Å²) in [5.74, 6) is 0. The minimum atomic E-state index is 0. The van der Waals surface area contributed by atoms with Crippen LogP contribution in [0, 0.1) is 0 Å². The Morgan fingerprint density at radius 2 is 1.25 bits per heavy atom. The molecule has 0 saturated carbocycles. The summed E-state index contributed by atoms with van der Waals surface area (Å²) >= 11 is 0. The second kappa shape index (κ2) is 32.8. The zero-order valence-corrected chi connectivity index (χ0v) is 2.18. The Morgan fingerprint density at radius 3 is 1.25 bits per heavy atom. The third kappa shape index (κ3) is 11.4. The summed E-state index contributed by atoms with van der Waals surface area (Å²) in [4.78, 5) is 6.92. The molecular formula is H8AlBeOP. The van der Waals surface area contributed by atoms with Gasteiger partial charge in [0.1, 0.15) is 0 Å². The molecule has 0 heterocycles. The van der Waals surface area contributed by atoms with E-state index in [1.54, 1.807) is 0 Å². The molecule has 0 rings (SSSR count). The van der Waals surface area contributed by atoms with Gasteiger partial charge in [0.2, 0.25) is 0 Å². The Kier molecular flexibility index (Phi) is 160. The average molecular weight is 91.0 g/mol. The zero-order chi connectivity index (χ0) is 2.00. The van der Waals surface area contributed by atoms with Crippen LogP contribution in [0.2, 0.25) is 0 Å². The second-order valence-corrected chi connectivity index (χ2v) is 0. The molecule has 0 aromatic carbocycles. The monoisotopic (exact) mass is 91.0 g/mol. The van der Waals surface area contributed by atoms with Crippen molar-refractivity contribution < 1.29 is 4.89 Å². The molecule has 0 radical (unpaired) electrons. The van der Waals surface area contributed by atoms with Gasteiger partial charge >= 0.3 is 10.1 Å². The SMILES string of the molecule is OP.[AlH3].[BeH2]. The molecule has 1 unspecified atom stereocenters. The van der Waals surface area contributed by atoms with Gasteiger partial charge in [-0.05, 0) is 9.47 Å². The van der Waals surface area contributed by atoms with E-state index in [9.17, 15) is 0 Å². The van der Waals surface area contributed by atoms with Gasteiger partial charge in [0.25, 0.3) is 0 Å². The molecule has 0 bridgehead atoms. The van der Waals surface area contributed by atoms with Crippen LogP contribution in [0.15, 0.2) is 0 Å². The topological polar surface area (TPSA) is 20.2 Å². The first-order valence-electron chi connectivity index (χ1n) is 0.258. The van der Waals surface area contributed by atoms with Crippen LogP contribution in [0.3, 0.4) is 0 Å². The maximum absolute atomic E-state index is 6.92. The minimum absolute atomic E-state index is 0. The van der Waals surface area contributed by atoms with Gasteiger partial charge in [-0.15, -0.1) is 0 Å². The molecule has 0 aliphatic heterocycles. The molecule has 24 valence electrons. The molecule has 0 saturated heterocycles. The van der Waals surface area contributed by atoms with Gasteiger partial charge in [-0.3, -0.25) is 0 Å². The van der Waals surface area contributed by atoms with E-state index in [2.05, 4.69) is 0 Å². The van der Waals surface area contributed by atoms with Gasteiger partial charge in [-0.1, -0.05) is 0 Å². The second-order valence-electron chi connectivity index (χ2n) is 0. The van der Waals surface area contributed by atoms with E-state index in [-0.39, 0.29) is 27.5 Å². The summed E-state index contributed by atoms with van der Waals surface area (Å²) in [7, 11) is 1.42. The van der Waals surface area contributed by atoms with E-state index < -0.39 is 0 Å². The molecule has 1 N–H and O–H groups in total. The summed E-state index contributed by atoms with van der Waals surface area (Å²) in [6.45, 7) is 0. The Balaban J connectivity index is -0.00000000500. The number of hydrogen-bond acceptors (Lipinski definition) is 1. The summed E-state index contributed by atoms with van der Waals surface area (Å²) in [6.07, 6.45) is 0. The quantitative estimate of drug-likeness (QED) is 0.262. The van der Waals surface area contributed by atoms with Crippen LogP contribution in [0.5, 0.6) is 0 Å². The van der Waals surface area contributed by atoms with Gasteiger partial charge in [-0.2, -0.15) is 0 Å². The number of hydrogen-bond donors (Lipinski definition) is 1. The fraction of sp³-hybridized carbons (Fsp3) is 0. The molecule has 1 nitrogen and oxygen atoms in total. The van der Waals surface area contributed by atoms with Gasteiger partial charge in [0, 0.05) is 0 Å². The van der Waals surface area contributed by atoms with Crippen molar-refractivity contribution in [2.75, 3.05) is 0 Å². The Bertz CT molecular complexity index is 8.00. The molecule has 0 aromatic rings. The van der Waals surface area contributed by atoms with E-state index in [4.69, 9.17) is 4.89 Å². The van der Waals surface area contributed by atoms with Crippen molar-refractivity contribution >= 4 is 36.9 Å². The first kappa shape index (κ1) is 19.5. The standard InChI is InChI=1S/Al.Be.H3OP.5H/c;;1-2;;;;;/h;;1H,2H2;;;;;. The van der Waals surface area contributed by atoms with Crippen LogP contribution < -0.4 is 0 Å². The van der Waals surface area contributed by atoms with Crippen LogP contribution in [-0.4, -0.2) is 32.4 Å². The molecule has 0 aromatic heterocycles. The fourth-order valence-electron chi connectivity index (χ4n) is 0. The summed E-state index contributed by atoms with van der Waals surface area (Å²) in [5.41, 5.74) is 0. The van der Waals surface area contributed by atoms with Crippen LogP contribution >= 0.6 is 9.47 Å². The maximum atomic E-state index is 6.92. The summed E-state index contributed by atoms with van der Waals surface area (Å²) in [6, 6.07) is 0. The Labute approximate surface area is 42.4 Å². The zero-order valence-electron chi connectivity index (χ0n) is 1.02. The predicted octanol–water partition coefficient (Wildman–Crippen LogP) is -2.33. The van der Waals surface area contributed by atoms with Crippen molar-refractivity contribution in [2.24, 2.45) is 0 Å². The van der Waals surface area contributed by atoms with Crippen molar-refractivity contribution in [3.8, 4) is 0 Å². The third-order valence-corrected chi connectivity index (χ3v) is 0. The molecule has 4 heteroatoms. The number of rotatable bonds is 0. The molecule has 0 fully saturated rings. The van der Waals surface area contributed by atoms with Crippen molar-refractivity contribution in [1.29, 1.82) is 0 Å². The van der Waals surface area contributed by atoms with Crippen molar-refractivity contribution in [3.05, 3.63) is 0 Å². The molecule has 0 aliphatic carbocycles. The first-order valence-corrected chi connectivity index (χ1v) is 0.775. The fourth-order valence-corrected chi connectivity index (χ4v) is 0. The average Bonchev–Trinajstić information content (AvgIpc) is 1.00. The molecule has 0 aliphatic rings. The van der Waals surface area contributed by atoms with Gasteiger partial charge in [0.15, 0.2) is 17.4 Å². The van der Waals surface area contributed by atoms with Gasteiger partial charge in [-0.25, -0.2) is 0 Å². The Morgan fingerprint density at radius 1 is 1.25 bits per heavy atom. The van der Waals surface area contributed by atoms with Gasteiger partial charge < -0.3 is 4.89 Å². The van der Waals surface area contributed by atoms with Gasteiger partial charge in [0.05, 0.1) is 0 Å². The van der Waals surface area contributed by atoms with E-state index in [0.717, 1.165) is 0 Å². The van der Waals surface area contributed by atoms with E-state index >= 15 is 0 Å². The predicted molar refractivity (Wildman–Crippen MR) is 30.4 cm³/mol. The third-order valence-electron chi connectivity index (χ3n) is 0. The normalized spacial score (nSPS) is 1.50. The van der Waals surface area contributed by atoms with Crippen LogP contribution in [0.1, 0.15) is 0 Å². The van der Waals surface area contributed by atoms with E-state index in [0.29, 0.717) is 0 Å². The molecule has 4 heavy (non-hydrogen) atoms. The molecule has 0 spiro atoms. The van der Waals surface area contributed by atoms with E-state index in [1.807, 2.05) is 0 Å². The molecule has 1 atom stereocenters. The summed E-state index contributed by atoms with van der Waals surface area (Å²) < 4.78 is 0. The van der Waals surface area contributed by atoms with Crippen molar-refractivity contribution in [1.82, 2.24) is 0 Å². The van der Waals surface area contributed by atoms with Crippen molar-refractivity contribution in [3.63, 3.8) is 0 Å². The van der Waals surface area contributed by atoms with Crippen LogP contribution in [0.4, 0.5) is 0 Å². The molecular weight excluding hydrogens is 83.0 g/mol. The van der Waals surface area contributed by atoms with Crippen LogP contribution in [0.25, 0.3) is 0 Å². The van der Waals surface area contributed by atoms with E-state index in [1.165, 1.54) is 9.47 Å². The summed E-state index contributed by atoms with van der Waals surface area (Å²) in [5, 5.41) is 0.